The van der Waals surface area contributed by atoms with E-state index in [2.05, 4.69) is 20.7 Å². The van der Waals surface area contributed by atoms with Crippen molar-refractivity contribution in [2.45, 2.75) is 32.4 Å². The third kappa shape index (κ3) is 5.41. The van der Waals surface area contributed by atoms with Crippen LogP contribution in [0, 0.1) is 12.7 Å². The van der Waals surface area contributed by atoms with Gasteiger partial charge in [0.15, 0.2) is 5.96 Å². The molecular formula is C18H25FIN5O. The number of nitrogens with one attached hydrogen (secondary N) is 2. The van der Waals surface area contributed by atoms with Crippen molar-refractivity contribution in [3.8, 4) is 5.69 Å². The lowest BCUT2D eigenvalue weighted by molar-refractivity contribution is 0.114. The third-order valence-electron chi connectivity index (χ3n) is 4.28. The molecule has 0 saturated carbocycles. The Hall–Kier alpha value is -1.68. The number of aliphatic imine (C=N–C) groups is 1. The van der Waals surface area contributed by atoms with E-state index in [1.54, 1.807) is 23.9 Å². The summed E-state index contributed by atoms with van der Waals surface area (Å²) in [6, 6.07) is 6.28. The molecule has 0 aliphatic carbocycles. The molecule has 0 radical (unpaired) electrons. The Bertz CT molecular complexity index is 726. The van der Waals surface area contributed by atoms with Crippen molar-refractivity contribution in [3.05, 3.63) is 47.5 Å². The molecule has 6 nitrogen and oxygen atoms in total. The highest BCUT2D eigenvalue weighted by molar-refractivity contribution is 14.0. The number of ether oxygens (including phenoxy) is 1. The minimum atomic E-state index is -0.254. The summed E-state index contributed by atoms with van der Waals surface area (Å²) in [4.78, 5) is 4.24. The lowest BCUT2D eigenvalue weighted by Crippen LogP contribution is -2.40. The number of nitrogens with zero attached hydrogens (tertiary/aromatic N) is 3. The number of aryl methyl sites for hydroxylation is 1. The van der Waals surface area contributed by atoms with Gasteiger partial charge in [-0.2, -0.15) is 5.10 Å². The van der Waals surface area contributed by atoms with E-state index in [1.165, 1.54) is 12.1 Å². The first-order valence-corrected chi connectivity index (χ1v) is 8.53. The second kappa shape index (κ2) is 9.86. The number of benzene rings is 1. The van der Waals surface area contributed by atoms with Crippen molar-refractivity contribution in [2.75, 3.05) is 20.2 Å². The van der Waals surface area contributed by atoms with Gasteiger partial charge in [0.2, 0.25) is 0 Å². The van der Waals surface area contributed by atoms with E-state index in [1.807, 2.05) is 13.1 Å². The fourth-order valence-electron chi connectivity index (χ4n) is 2.81. The maximum Gasteiger partial charge on any atom is 0.191 e. The van der Waals surface area contributed by atoms with Crippen LogP contribution in [0.4, 0.5) is 4.39 Å². The molecule has 0 amide bonds. The van der Waals surface area contributed by atoms with Crippen LogP contribution in [0.3, 0.4) is 0 Å². The van der Waals surface area contributed by atoms with Crippen LogP contribution < -0.4 is 10.6 Å². The fraction of sp³-hybridized carbons (Fsp3) is 0.444. The Labute approximate surface area is 170 Å². The number of hydrogen-bond donors (Lipinski definition) is 2. The summed E-state index contributed by atoms with van der Waals surface area (Å²) in [5.74, 6) is 0.486. The second-order valence-corrected chi connectivity index (χ2v) is 6.10. The van der Waals surface area contributed by atoms with Crippen molar-refractivity contribution in [1.29, 1.82) is 0 Å². The topological polar surface area (TPSA) is 63.5 Å². The largest absolute Gasteiger partial charge is 0.376 e. The highest BCUT2D eigenvalue weighted by atomic mass is 127. The zero-order valence-electron chi connectivity index (χ0n) is 15.0. The Morgan fingerprint density at radius 1 is 1.35 bits per heavy atom. The first-order valence-electron chi connectivity index (χ1n) is 8.53. The molecule has 142 valence electrons. The van der Waals surface area contributed by atoms with Crippen molar-refractivity contribution in [2.24, 2.45) is 4.99 Å². The number of rotatable bonds is 5. The van der Waals surface area contributed by atoms with Crippen LogP contribution in [0.2, 0.25) is 0 Å². The van der Waals surface area contributed by atoms with Gasteiger partial charge in [0.1, 0.15) is 5.82 Å². The van der Waals surface area contributed by atoms with E-state index in [9.17, 15) is 4.39 Å². The Morgan fingerprint density at radius 2 is 2.12 bits per heavy atom. The molecule has 1 aromatic carbocycles. The van der Waals surface area contributed by atoms with Gasteiger partial charge in [-0.3, -0.25) is 4.99 Å². The summed E-state index contributed by atoms with van der Waals surface area (Å²) in [5, 5.41) is 11.1. The van der Waals surface area contributed by atoms with Gasteiger partial charge >= 0.3 is 0 Å². The lowest BCUT2D eigenvalue weighted by atomic mass is 10.2. The van der Waals surface area contributed by atoms with Crippen LogP contribution in [-0.4, -0.2) is 42.0 Å². The molecule has 1 aliphatic heterocycles. The molecule has 2 aromatic rings. The molecule has 8 heteroatoms. The van der Waals surface area contributed by atoms with Gasteiger partial charge < -0.3 is 15.4 Å². The summed E-state index contributed by atoms with van der Waals surface area (Å²) in [6.45, 7) is 4.17. The van der Waals surface area contributed by atoms with Gasteiger partial charge in [0.05, 0.1) is 17.5 Å². The molecule has 3 rings (SSSR count). The number of halogens is 2. The van der Waals surface area contributed by atoms with Crippen LogP contribution in [-0.2, 0) is 11.3 Å². The minimum Gasteiger partial charge on any atom is -0.376 e. The quantitative estimate of drug-likeness (QED) is 0.399. The molecule has 1 saturated heterocycles. The molecule has 0 bridgehead atoms. The molecule has 26 heavy (non-hydrogen) atoms. The van der Waals surface area contributed by atoms with Crippen LogP contribution >= 0.6 is 24.0 Å². The van der Waals surface area contributed by atoms with E-state index >= 15 is 0 Å². The average Bonchev–Trinajstić information content (AvgIpc) is 3.26. The van der Waals surface area contributed by atoms with E-state index < -0.39 is 0 Å². The lowest BCUT2D eigenvalue weighted by Gasteiger charge is -2.14. The van der Waals surface area contributed by atoms with Gasteiger partial charge in [0.25, 0.3) is 0 Å². The van der Waals surface area contributed by atoms with E-state index in [4.69, 9.17) is 4.74 Å². The van der Waals surface area contributed by atoms with Gasteiger partial charge in [-0.05, 0) is 44.0 Å². The molecule has 1 unspecified atom stereocenters. The van der Waals surface area contributed by atoms with E-state index in [0.717, 1.165) is 48.9 Å². The van der Waals surface area contributed by atoms with Crippen LogP contribution in [0.25, 0.3) is 5.69 Å². The smallest absolute Gasteiger partial charge is 0.191 e. The molecule has 0 spiro atoms. The van der Waals surface area contributed by atoms with E-state index in [0.29, 0.717) is 6.54 Å². The molecule has 1 aliphatic rings. The number of aromatic nitrogens is 2. The van der Waals surface area contributed by atoms with Crippen molar-refractivity contribution in [3.63, 3.8) is 0 Å². The molecule has 1 fully saturated rings. The predicted molar refractivity (Wildman–Crippen MR) is 111 cm³/mol. The van der Waals surface area contributed by atoms with Crippen LogP contribution in [0.5, 0.6) is 0 Å². The third-order valence-corrected chi connectivity index (χ3v) is 4.28. The molecule has 2 heterocycles. The summed E-state index contributed by atoms with van der Waals surface area (Å²) in [6.07, 6.45) is 4.43. The summed E-state index contributed by atoms with van der Waals surface area (Å²) < 4.78 is 20.4. The Morgan fingerprint density at radius 3 is 2.77 bits per heavy atom. The SMILES string of the molecule is CN=C(NCc1cn(-c2ccc(F)cc2)nc1C)NCC1CCCO1.I. The maximum absolute atomic E-state index is 13.1. The summed E-state index contributed by atoms with van der Waals surface area (Å²) in [5.41, 5.74) is 2.81. The number of hydrogen-bond acceptors (Lipinski definition) is 3. The Balaban J connectivity index is 0.00000243. The predicted octanol–water partition coefficient (Wildman–Crippen LogP) is 2.78. The van der Waals surface area contributed by atoms with Crippen molar-refractivity contribution in [1.82, 2.24) is 20.4 Å². The van der Waals surface area contributed by atoms with Crippen LogP contribution in [0.15, 0.2) is 35.5 Å². The second-order valence-electron chi connectivity index (χ2n) is 6.10. The standard InChI is InChI=1S/C18H24FN5O.HI/c1-13-14(12-24(23-13)16-7-5-15(19)6-8-16)10-21-18(20-2)22-11-17-4-3-9-25-17;/h5-8,12,17H,3-4,9-11H2,1-2H3,(H2,20,21,22);1H. The fourth-order valence-corrected chi connectivity index (χ4v) is 2.81. The van der Waals surface area contributed by atoms with Gasteiger partial charge in [-0.1, -0.05) is 0 Å². The monoisotopic (exact) mass is 473 g/mol. The molecule has 1 atom stereocenters. The van der Waals surface area contributed by atoms with Gasteiger partial charge in [-0.25, -0.2) is 9.07 Å². The Kier molecular flexibility index (Phi) is 7.83. The average molecular weight is 473 g/mol. The molecular weight excluding hydrogens is 448 g/mol. The van der Waals surface area contributed by atoms with E-state index in [-0.39, 0.29) is 35.9 Å². The van der Waals surface area contributed by atoms with Gasteiger partial charge in [0, 0.05) is 38.5 Å². The van der Waals surface area contributed by atoms with Crippen molar-refractivity contribution >= 4 is 29.9 Å². The molecule has 2 N–H and O–H groups in total. The normalized spacial score (nSPS) is 17.0. The number of guanidine groups is 1. The minimum absolute atomic E-state index is 0. The zero-order valence-corrected chi connectivity index (χ0v) is 17.4. The summed E-state index contributed by atoms with van der Waals surface area (Å²) in [7, 11) is 1.75. The highest BCUT2D eigenvalue weighted by Crippen LogP contribution is 2.13. The first kappa shape index (κ1) is 20.6. The maximum atomic E-state index is 13.1. The molecule has 1 aromatic heterocycles. The highest BCUT2D eigenvalue weighted by Gasteiger charge is 2.15. The van der Waals surface area contributed by atoms with Crippen LogP contribution in [0.1, 0.15) is 24.1 Å². The van der Waals surface area contributed by atoms with Crippen molar-refractivity contribution < 1.29 is 9.13 Å². The summed E-state index contributed by atoms with van der Waals surface area (Å²) >= 11 is 0. The zero-order chi connectivity index (χ0) is 17.6. The van der Waals surface area contributed by atoms with Gasteiger partial charge in [-0.15, -0.1) is 24.0 Å². The first-order chi connectivity index (χ1) is 12.2.